The van der Waals surface area contributed by atoms with Crippen LogP contribution in [-0.2, 0) is 0 Å². The van der Waals surface area contributed by atoms with E-state index < -0.39 is 0 Å². The van der Waals surface area contributed by atoms with Gasteiger partial charge in [0.05, 0.1) is 13.2 Å². The van der Waals surface area contributed by atoms with Crippen LogP contribution in [0.1, 0.15) is 17.2 Å². The minimum Gasteiger partial charge on any atom is -0.497 e. The Balaban J connectivity index is 2.39. The van der Waals surface area contributed by atoms with Gasteiger partial charge in [-0.25, -0.2) is 4.39 Å². The molecule has 18 heavy (non-hydrogen) atoms. The zero-order valence-corrected chi connectivity index (χ0v) is 10.4. The molecular weight excluding hydrogens is 231 g/mol. The van der Waals surface area contributed by atoms with Crippen LogP contribution < -0.4 is 10.1 Å². The molecule has 0 fully saturated rings. The second-order valence-electron chi connectivity index (χ2n) is 3.89. The molecule has 0 saturated heterocycles. The molecule has 0 bridgehead atoms. The Kier molecular flexibility index (Phi) is 3.89. The van der Waals surface area contributed by atoms with Crippen molar-refractivity contribution < 1.29 is 9.13 Å². The number of hydrogen-bond acceptors (Lipinski definition) is 3. The molecule has 1 aromatic carbocycles. The molecule has 2 rings (SSSR count). The highest BCUT2D eigenvalue weighted by Crippen LogP contribution is 2.26. The molecule has 0 amide bonds. The maximum atomic E-state index is 14.0. The van der Waals surface area contributed by atoms with Crippen molar-refractivity contribution in [3.05, 3.63) is 59.7 Å². The van der Waals surface area contributed by atoms with Gasteiger partial charge in [0.2, 0.25) is 0 Å². The topological polar surface area (TPSA) is 34.2 Å². The summed E-state index contributed by atoms with van der Waals surface area (Å²) in [7, 11) is 3.32. The van der Waals surface area contributed by atoms with Crippen molar-refractivity contribution in [2.24, 2.45) is 0 Å². The molecule has 0 aliphatic heterocycles. The molecule has 0 spiro atoms. The van der Waals surface area contributed by atoms with Crippen LogP contribution in [0.15, 0.2) is 42.7 Å². The number of nitrogens with zero attached hydrogens (tertiary/aromatic N) is 1. The van der Waals surface area contributed by atoms with Gasteiger partial charge in [-0.05, 0) is 30.8 Å². The van der Waals surface area contributed by atoms with Gasteiger partial charge < -0.3 is 10.1 Å². The Morgan fingerprint density at radius 1 is 1.22 bits per heavy atom. The first-order valence-corrected chi connectivity index (χ1v) is 5.67. The molecular formula is C14H15FN2O. The molecule has 1 unspecified atom stereocenters. The van der Waals surface area contributed by atoms with Gasteiger partial charge in [0, 0.05) is 24.0 Å². The van der Waals surface area contributed by atoms with Crippen LogP contribution in [0.5, 0.6) is 5.75 Å². The monoisotopic (exact) mass is 246 g/mol. The standard InChI is InChI=1S/C14H15FN2O/c1-16-14(10-5-7-17-8-6-10)12-4-3-11(18-2)9-13(12)15/h3-9,14,16H,1-2H3. The molecule has 1 heterocycles. The Morgan fingerprint density at radius 2 is 1.94 bits per heavy atom. The number of rotatable bonds is 4. The second kappa shape index (κ2) is 5.60. The molecule has 1 atom stereocenters. The fourth-order valence-electron chi connectivity index (χ4n) is 1.93. The SMILES string of the molecule is CNC(c1ccncc1)c1ccc(OC)cc1F. The van der Waals surface area contributed by atoms with E-state index in [1.807, 2.05) is 12.1 Å². The van der Waals surface area contributed by atoms with Crippen molar-refractivity contribution in [1.29, 1.82) is 0 Å². The lowest BCUT2D eigenvalue weighted by molar-refractivity contribution is 0.410. The van der Waals surface area contributed by atoms with E-state index in [0.717, 1.165) is 5.56 Å². The quantitative estimate of drug-likeness (QED) is 0.900. The second-order valence-corrected chi connectivity index (χ2v) is 3.89. The van der Waals surface area contributed by atoms with Gasteiger partial charge in [-0.2, -0.15) is 0 Å². The summed E-state index contributed by atoms with van der Waals surface area (Å²) in [5, 5.41) is 3.10. The lowest BCUT2D eigenvalue weighted by Crippen LogP contribution is -2.19. The van der Waals surface area contributed by atoms with Crippen LogP contribution in [0, 0.1) is 5.82 Å². The van der Waals surface area contributed by atoms with E-state index in [4.69, 9.17) is 4.74 Å². The number of ether oxygens (including phenoxy) is 1. The summed E-state index contributed by atoms with van der Waals surface area (Å²) in [4.78, 5) is 3.96. The van der Waals surface area contributed by atoms with E-state index >= 15 is 0 Å². The number of nitrogens with one attached hydrogen (secondary N) is 1. The van der Waals surface area contributed by atoms with Crippen molar-refractivity contribution in [2.45, 2.75) is 6.04 Å². The number of pyridine rings is 1. The molecule has 4 heteroatoms. The number of halogens is 1. The van der Waals surface area contributed by atoms with Crippen LogP contribution in [0.3, 0.4) is 0 Å². The maximum Gasteiger partial charge on any atom is 0.132 e. The van der Waals surface area contributed by atoms with E-state index in [-0.39, 0.29) is 11.9 Å². The lowest BCUT2D eigenvalue weighted by Gasteiger charge is -2.18. The smallest absolute Gasteiger partial charge is 0.132 e. The Labute approximate surface area is 106 Å². The van der Waals surface area contributed by atoms with Crippen molar-refractivity contribution >= 4 is 0 Å². The fraction of sp³-hybridized carbons (Fsp3) is 0.214. The van der Waals surface area contributed by atoms with Gasteiger partial charge in [-0.3, -0.25) is 4.98 Å². The number of hydrogen-bond donors (Lipinski definition) is 1. The van der Waals surface area contributed by atoms with E-state index in [9.17, 15) is 4.39 Å². The molecule has 0 aliphatic carbocycles. The average Bonchev–Trinajstić information content (AvgIpc) is 2.42. The molecule has 1 aromatic heterocycles. The van der Waals surface area contributed by atoms with Crippen LogP contribution in [0.25, 0.3) is 0 Å². The molecule has 1 N–H and O–H groups in total. The zero-order valence-electron chi connectivity index (χ0n) is 10.4. The van der Waals surface area contributed by atoms with Crippen molar-refractivity contribution in [3.8, 4) is 5.75 Å². The first-order chi connectivity index (χ1) is 8.76. The number of aromatic nitrogens is 1. The Morgan fingerprint density at radius 3 is 2.50 bits per heavy atom. The highest BCUT2D eigenvalue weighted by Gasteiger charge is 2.16. The first-order valence-electron chi connectivity index (χ1n) is 5.67. The molecule has 3 nitrogen and oxygen atoms in total. The van der Waals surface area contributed by atoms with Gasteiger partial charge in [0.25, 0.3) is 0 Å². The summed E-state index contributed by atoms with van der Waals surface area (Å²) in [6.45, 7) is 0. The lowest BCUT2D eigenvalue weighted by atomic mass is 9.99. The van der Waals surface area contributed by atoms with Crippen LogP contribution >= 0.6 is 0 Å². The fourth-order valence-corrected chi connectivity index (χ4v) is 1.93. The third-order valence-electron chi connectivity index (χ3n) is 2.85. The van der Waals surface area contributed by atoms with Crippen LogP contribution in [-0.4, -0.2) is 19.1 Å². The van der Waals surface area contributed by atoms with E-state index in [1.54, 1.807) is 31.6 Å². The first kappa shape index (κ1) is 12.5. The number of benzene rings is 1. The van der Waals surface area contributed by atoms with Crippen molar-refractivity contribution in [2.75, 3.05) is 14.2 Å². The van der Waals surface area contributed by atoms with Gasteiger partial charge in [-0.1, -0.05) is 6.07 Å². The van der Waals surface area contributed by atoms with E-state index in [2.05, 4.69) is 10.3 Å². The third kappa shape index (κ3) is 2.49. The van der Waals surface area contributed by atoms with Gasteiger partial charge in [0.15, 0.2) is 0 Å². The largest absolute Gasteiger partial charge is 0.497 e. The summed E-state index contributed by atoms with van der Waals surface area (Å²) in [5.74, 6) is 0.228. The summed E-state index contributed by atoms with van der Waals surface area (Å²) >= 11 is 0. The van der Waals surface area contributed by atoms with E-state index in [0.29, 0.717) is 11.3 Å². The zero-order chi connectivity index (χ0) is 13.0. The molecule has 0 aliphatic rings. The summed E-state index contributed by atoms with van der Waals surface area (Å²) in [6.07, 6.45) is 3.39. The summed E-state index contributed by atoms with van der Waals surface area (Å²) in [5.41, 5.74) is 1.56. The van der Waals surface area contributed by atoms with Gasteiger partial charge in [0.1, 0.15) is 11.6 Å². The third-order valence-corrected chi connectivity index (χ3v) is 2.85. The van der Waals surface area contributed by atoms with Crippen LogP contribution in [0.2, 0.25) is 0 Å². The van der Waals surface area contributed by atoms with Gasteiger partial charge >= 0.3 is 0 Å². The van der Waals surface area contributed by atoms with E-state index in [1.165, 1.54) is 13.2 Å². The van der Waals surface area contributed by atoms with Crippen LogP contribution in [0.4, 0.5) is 4.39 Å². The molecule has 0 saturated carbocycles. The van der Waals surface area contributed by atoms with Crippen molar-refractivity contribution in [1.82, 2.24) is 10.3 Å². The maximum absolute atomic E-state index is 14.0. The molecule has 0 radical (unpaired) electrons. The molecule has 94 valence electrons. The molecule has 2 aromatic rings. The Bertz CT molecular complexity index is 516. The highest BCUT2D eigenvalue weighted by molar-refractivity contribution is 5.36. The predicted molar refractivity (Wildman–Crippen MR) is 68.1 cm³/mol. The van der Waals surface area contributed by atoms with Crippen molar-refractivity contribution in [3.63, 3.8) is 0 Å². The minimum atomic E-state index is -0.287. The normalized spacial score (nSPS) is 12.2. The van der Waals surface area contributed by atoms with Gasteiger partial charge in [-0.15, -0.1) is 0 Å². The minimum absolute atomic E-state index is 0.195. The highest BCUT2D eigenvalue weighted by atomic mass is 19.1. The average molecular weight is 246 g/mol. The Hall–Kier alpha value is -1.94. The predicted octanol–water partition coefficient (Wildman–Crippen LogP) is 2.54. The number of methoxy groups -OCH3 is 1. The summed E-state index contributed by atoms with van der Waals surface area (Å²) in [6, 6.07) is 8.41. The summed E-state index contributed by atoms with van der Waals surface area (Å²) < 4.78 is 19.0.